The molecule has 3 aromatic carbocycles. The molecule has 0 unspecified atom stereocenters. The summed E-state index contributed by atoms with van der Waals surface area (Å²) in [6.45, 7) is 3.05. The van der Waals surface area contributed by atoms with E-state index in [-0.39, 0.29) is 0 Å². The molecule has 0 radical (unpaired) electrons. The predicted molar refractivity (Wildman–Crippen MR) is 124 cm³/mol. The van der Waals surface area contributed by atoms with E-state index in [0.29, 0.717) is 18.0 Å². The van der Waals surface area contributed by atoms with Crippen LogP contribution in [0.15, 0.2) is 77.3 Å². The van der Waals surface area contributed by atoms with Gasteiger partial charge in [0.25, 0.3) is 0 Å². The Morgan fingerprint density at radius 3 is 2.53 bits per heavy atom. The second-order valence-corrected chi connectivity index (χ2v) is 7.86. The van der Waals surface area contributed by atoms with Crippen LogP contribution in [0.1, 0.15) is 12.5 Å². The number of rotatable bonds is 7. The largest absolute Gasteiger partial charge is 0.494 e. The zero-order valence-corrected chi connectivity index (χ0v) is 18.7. The third-order valence-corrected chi connectivity index (χ3v) is 5.23. The molecule has 4 aromatic rings. The molecule has 7 heteroatoms. The van der Waals surface area contributed by atoms with Crippen molar-refractivity contribution in [1.82, 2.24) is 14.8 Å². The minimum atomic E-state index is 0.457. The Morgan fingerprint density at radius 1 is 0.967 bits per heavy atom. The Balaban J connectivity index is 1.60. The first-order chi connectivity index (χ1) is 14.6. The van der Waals surface area contributed by atoms with Gasteiger partial charge in [-0.25, -0.2) is 0 Å². The lowest BCUT2D eigenvalue weighted by atomic mass is 10.1. The smallest absolute Gasteiger partial charge is 0.200 e. The van der Waals surface area contributed by atoms with Gasteiger partial charge in [-0.05, 0) is 73.2 Å². The Kier molecular flexibility index (Phi) is 6.30. The molecule has 4 rings (SSSR count). The summed E-state index contributed by atoms with van der Waals surface area (Å²) in [5.74, 6) is 2.38. The van der Waals surface area contributed by atoms with Crippen LogP contribution in [-0.2, 0) is 6.61 Å². The highest BCUT2D eigenvalue weighted by molar-refractivity contribution is 9.10. The zero-order valence-electron chi connectivity index (χ0n) is 16.3. The van der Waals surface area contributed by atoms with Crippen LogP contribution in [0.5, 0.6) is 11.5 Å². The van der Waals surface area contributed by atoms with Crippen LogP contribution in [-0.4, -0.2) is 21.4 Å². The van der Waals surface area contributed by atoms with Crippen LogP contribution in [0.2, 0.25) is 0 Å². The second-order valence-electron chi connectivity index (χ2n) is 6.56. The van der Waals surface area contributed by atoms with Crippen molar-refractivity contribution in [2.45, 2.75) is 13.5 Å². The molecule has 0 fully saturated rings. The molecule has 1 heterocycles. The van der Waals surface area contributed by atoms with Gasteiger partial charge in [-0.1, -0.05) is 40.2 Å². The summed E-state index contributed by atoms with van der Waals surface area (Å²) in [4.78, 5) is 0. The van der Waals surface area contributed by atoms with Crippen molar-refractivity contribution >= 4 is 28.1 Å². The van der Waals surface area contributed by atoms with Crippen molar-refractivity contribution in [1.29, 1.82) is 0 Å². The standard InChI is InChI=1S/C23H20BrN3O2S/c1-2-28-20-11-9-19(10-12-20)27-22(25-26-23(27)30)17-6-3-5-16(13-17)15-29-21-8-4-7-18(24)14-21/h3-14H,2,15H2,1H3,(H,26,30). The maximum absolute atomic E-state index is 5.92. The van der Waals surface area contributed by atoms with Gasteiger partial charge < -0.3 is 9.47 Å². The van der Waals surface area contributed by atoms with Gasteiger partial charge in [-0.3, -0.25) is 9.67 Å². The quantitative estimate of drug-likeness (QED) is 0.313. The lowest BCUT2D eigenvalue weighted by Gasteiger charge is -2.10. The van der Waals surface area contributed by atoms with Crippen LogP contribution in [0.4, 0.5) is 0 Å². The van der Waals surface area contributed by atoms with Crippen molar-refractivity contribution in [3.63, 3.8) is 0 Å². The molecule has 0 aliphatic heterocycles. The Hall–Kier alpha value is -2.90. The van der Waals surface area contributed by atoms with E-state index in [9.17, 15) is 0 Å². The zero-order chi connectivity index (χ0) is 20.9. The molecule has 30 heavy (non-hydrogen) atoms. The predicted octanol–water partition coefficient (Wildman–Crippen LogP) is 6.34. The second kappa shape index (κ2) is 9.28. The van der Waals surface area contributed by atoms with Gasteiger partial charge in [0, 0.05) is 10.0 Å². The Bertz CT molecular complexity index is 1200. The van der Waals surface area contributed by atoms with E-state index in [1.165, 1.54) is 0 Å². The molecule has 1 N–H and O–H groups in total. The van der Waals surface area contributed by atoms with Crippen LogP contribution in [0, 0.1) is 4.77 Å². The molecule has 0 saturated heterocycles. The highest BCUT2D eigenvalue weighted by Crippen LogP contribution is 2.25. The van der Waals surface area contributed by atoms with Gasteiger partial charge in [0.1, 0.15) is 18.1 Å². The topological polar surface area (TPSA) is 52.1 Å². The first kappa shape index (κ1) is 20.4. The summed E-state index contributed by atoms with van der Waals surface area (Å²) in [6, 6.07) is 23.7. The number of aromatic nitrogens is 3. The fraction of sp³-hybridized carbons (Fsp3) is 0.130. The van der Waals surface area contributed by atoms with Gasteiger partial charge >= 0.3 is 0 Å². The highest BCUT2D eigenvalue weighted by Gasteiger charge is 2.12. The maximum Gasteiger partial charge on any atom is 0.200 e. The minimum absolute atomic E-state index is 0.457. The van der Waals surface area contributed by atoms with Crippen LogP contribution in [0.3, 0.4) is 0 Å². The average molecular weight is 482 g/mol. The Morgan fingerprint density at radius 2 is 1.77 bits per heavy atom. The van der Waals surface area contributed by atoms with E-state index < -0.39 is 0 Å². The first-order valence-corrected chi connectivity index (χ1v) is 10.7. The molecule has 0 atom stereocenters. The highest BCUT2D eigenvalue weighted by atomic mass is 79.9. The van der Waals surface area contributed by atoms with E-state index in [1.54, 1.807) is 0 Å². The number of halogens is 1. The molecule has 1 aromatic heterocycles. The SMILES string of the molecule is CCOc1ccc(-n2c(-c3cccc(COc4cccc(Br)c4)c3)n[nH]c2=S)cc1. The molecule has 0 aliphatic rings. The number of hydrogen-bond acceptors (Lipinski definition) is 4. The van der Waals surface area contributed by atoms with Crippen LogP contribution >= 0.6 is 28.1 Å². The fourth-order valence-electron chi connectivity index (χ4n) is 3.11. The normalized spacial score (nSPS) is 10.7. The van der Waals surface area contributed by atoms with Gasteiger partial charge in [0.15, 0.2) is 10.6 Å². The number of benzene rings is 3. The summed E-state index contributed by atoms with van der Waals surface area (Å²) < 4.78 is 14.9. The van der Waals surface area contributed by atoms with Gasteiger partial charge in [0.2, 0.25) is 0 Å². The summed E-state index contributed by atoms with van der Waals surface area (Å²) in [7, 11) is 0. The van der Waals surface area contributed by atoms with Crippen LogP contribution < -0.4 is 9.47 Å². The number of ether oxygens (including phenoxy) is 2. The monoisotopic (exact) mass is 481 g/mol. The van der Waals surface area contributed by atoms with Crippen molar-refractivity contribution in [3.05, 3.63) is 87.6 Å². The van der Waals surface area contributed by atoms with Crippen molar-refractivity contribution in [2.75, 3.05) is 6.61 Å². The minimum Gasteiger partial charge on any atom is -0.494 e. The average Bonchev–Trinajstić information content (AvgIpc) is 3.15. The van der Waals surface area contributed by atoms with Gasteiger partial charge in [0.05, 0.1) is 12.3 Å². The lowest BCUT2D eigenvalue weighted by Crippen LogP contribution is -2.00. The molecule has 5 nitrogen and oxygen atoms in total. The van der Waals surface area contributed by atoms with E-state index in [4.69, 9.17) is 21.7 Å². The summed E-state index contributed by atoms with van der Waals surface area (Å²) in [5.41, 5.74) is 2.91. The third kappa shape index (κ3) is 4.63. The van der Waals surface area contributed by atoms with E-state index in [1.807, 2.05) is 78.2 Å². The van der Waals surface area contributed by atoms with Crippen molar-refractivity contribution < 1.29 is 9.47 Å². The van der Waals surface area contributed by atoms with Gasteiger partial charge in [-0.2, -0.15) is 5.10 Å². The fourth-order valence-corrected chi connectivity index (χ4v) is 3.73. The summed E-state index contributed by atoms with van der Waals surface area (Å²) in [5, 5.41) is 7.37. The summed E-state index contributed by atoms with van der Waals surface area (Å²) >= 11 is 8.95. The molecular weight excluding hydrogens is 462 g/mol. The number of nitrogens with one attached hydrogen (secondary N) is 1. The molecule has 152 valence electrons. The van der Waals surface area contributed by atoms with Crippen molar-refractivity contribution in [3.8, 4) is 28.6 Å². The maximum atomic E-state index is 5.92. The van der Waals surface area contributed by atoms with E-state index in [0.717, 1.165) is 38.6 Å². The van der Waals surface area contributed by atoms with Gasteiger partial charge in [-0.15, -0.1) is 0 Å². The van der Waals surface area contributed by atoms with E-state index in [2.05, 4.69) is 32.2 Å². The molecule has 0 bridgehead atoms. The van der Waals surface area contributed by atoms with Crippen LogP contribution in [0.25, 0.3) is 17.1 Å². The number of H-pyrrole nitrogens is 1. The molecule has 0 amide bonds. The number of aromatic amines is 1. The number of hydrogen-bond donors (Lipinski definition) is 1. The van der Waals surface area contributed by atoms with E-state index >= 15 is 0 Å². The lowest BCUT2D eigenvalue weighted by molar-refractivity contribution is 0.306. The number of nitrogens with zero attached hydrogens (tertiary/aromatic N) is 2. The molecule has 0 aliphatic carbocycles. The van der Waals surface area contributed by atoms with Crippen molar-refractivity contribution in [2.24, 2.45) is 0 Å². The molecule has 0 saturated carbocycles. The first-order valence-electron chi connectivity index (χ1n) is 9.52. The molecular formula is C23H20BrN3O2S. The molecule has 0 spiro atoms. The Labute approximate surface area is 188 Å². The third-order valence-electron chi connectivity index (χ3n) is 4.47. The summed E-state index contributed by atoms with van der Waals surface area (Å²) in [6.07, 6.45) is 0.